The Balaban J connectivity index is 2.83. The molecule has 0 aliphatic rings. The fourth-order valence-corrected chi connectivity index (χ4v) is 3.91. The van der Waals surface area contributed by atoms with E-state index in [1.165, 1.54) is 18.9 Å². The first kappa shape index (κ1) is 10.4. The van der Waals surface area contributed by atoms with Crippen molar-refractivity contribution in [2.75, 3.05) is 0 Å². The fraction of sp³-hybridized carbons (Fsp3) is 0.417. The van der Waals surface area contributed by atoms with Crippen molar-refractivity contribution < 1.29 is 0 Å². The highest BCUT2D eigenvalue weighted by atomic mass is 28.2. The second kappa shape index (κ2) is 5.87. The molecule has 1 rings (SSSR count). The predicted molar refractivity (Wildman–Crippen MR) is 63.3 cm³/mol. The minimum atomic E-state index is -0.349. The molecule has 1 aromatic rings. The molecule has 0 bridgehead atoms. The van der Waals surface area contributed by atoms with Gasteiger partial charge < -0.3 is 0 Å². The van der Waals surface area contributed by atoms with Crippen molar-refractivity contribution in [2.24, 2.45) is 0 Å². The molecule has 0 saturated carbocycles. The smallest absolute Gasteiger partial charge is 0.0416 e. The van der Waals surface area contributed by atoms with Crippen LogP contribution in [0, 0.1) is 0 Å². The van der Waals surface area contributed by atoms with Gasteiger partial charge in [-0.25, -0.2) is 0 Å². The lowest BCUT2D eigenvalue weighted by Crippen LogP contribution is -2.23. The second-order valence-electron chi connectivity index (χ2n) is 3.25. The van der Waals surface area contributed by atoms with Crippen LogP contribution in [0.5, 0.6) is 0 Å². The van der Waals surface area contributed by atoms with Gasteiger partial charge in [0.05, 0.1) is 0 Å². The van der Waals surface area contributed by atoms with Crippen LogP contribution in [0.2, 0.25) is 6.04 Å². The Labute approximate surface area is 82.8 Å². The lowest BCUT2D eigenvalue weighted by molar-refractivity contribution is 1.07. The Morgan fingerprint density at radius 3 is 2.38 bits per heavy atom. The average Bonchev–Trinajstić information content (AvgIpc) is 2.19. The topological polar surface area (TPSA) is 0 Å². The number of benzene rings is 1. The summed E-state index contributed by atoms with van der Waals surface area (Å²) in [5, 5.41) is 1.57. The summed E-state index contributed by atoms with van der Waals surface area (Å²) in [5.41, 5.74) is 2.52. The monoisotopic (exact) mass is 190 g/mol. The van der Waals surface area contributed by atoms with E-state index in [-0.39, 0.29) is 8.41 Å². The van der Waals surface area contributed by atoms with Crippen molar-refractivity contribution in [3.05, 3.63) is 30.3 Å². The van der Waals surface area contributed by atoms with Crippen LogP contribution in [0.25, 0.3) is 0 Å². The minimum Gasteiger partial charge on any atom is -0.0997 e. The third-order valence-corrected chi connectivity index (χ3v) is 5.13. The Hall–Kier alpha value is -0.693. The molecule has 0 radical (unpaired) electrons. The van der Waals surface area contributed by atoms with Gasteiger partial charge in [0.1, 0.15) is 0 Å². The van der Waals surface area contributed by atoms with Gasteiger partial charge in [-0.3, -0.25) is 0 Å². The van der Waals surface area contributed by atoms with Crippen molar-refractivity contribution in [3.8, 4) is 0 Å². The van der Waals surface area contributed by atoms with Gasteiger partial charge >= 0.3 is 0 Å². The van der Waals surface area contributed by atoms with E-state index in [0.29, 0.717) is 0 Å². The van der Waals surface area contributed by atoms with Gasteiger partial charge in [-0.05, 0) is 17.7 Å². The third-order valence-electron chi connectivity index (χ3n) is 2.11. The summed E-state index contributed by atoms with van der Waals surface area (Å²) >= 11 is 0. The summed E-state index contributed by atoms with van der Waals surface area (Å²) < 4.78 is 0. The molecule has 13 heavy (non-hydrogen) atoms. The second-order valence-corrected chi connectivity index (χ2v) is 5.79. The van der Waals surface area contributed by atoms with E-state index < -0.39 is 0 Å². The van der Waals surface area contributed by atoms with Crippen molar-refractivity contribution in [1.82, 2.24) is 0 Å². The van der Waals surface area contributed by atoms with Crippen molar-refractivity contribution in [2.45, 2.75) is 32.7 Å². The molecular weight excluding hydrogens is 172 g/mol. The zero-order chi connectivity index (χ0) is 9.52. The van der Waals surface area contributed by atoms with E-state index in [1.807, 2.05) is 0 Å². The van der Waals surface area contributed by atoms with Crippen LogP contribution in [-0.4, -0.2) is 14.1 Å². The largest absolute Gasteiger partial charge is 0.0997 e. The van der Waals surface area contributed by atoms with E-state index in [2.05, 4.69) is 49.9 Å². The first-order valence-corrected chi connectivity index (χ1v) is 6.91. The molecule has 0 spiro atoms. The predicted octanol–water partition coefficient (Wildman–Crippen LogP) is 2.59. The number of rotatable bonds is 4. The lowest BCUT2D eigenvalue weighted by Gasteiger charge is -2.04. The number of hydrogen-bond donors (Lipinski definition) is 0. The summed E-state index contributed by atoms with van der Waals surface area (Å²) in [6.07, 6.45) is 2.52. The Morgan fingerprint density at radius 2 is 1.85 bits per heavy atom. The molecular formula is C12H18Si. The van der Waals surface area contributed by atoms with Crippen LogP contribution in [0.15, 0.2) is 30.3 Å². The summed E-state index contributed by atoms with van der Waals surface area (Å²) in [5.74, 6) is 0. The maximum Gasteiger partial charge on any atom is 0.0416 e. The molecule has 0 aromatic heterocycles. The summed E-state index contributed by atoms with van der Waals surface area (Å²) in [6.45, 7) is 4.51. The molecule has 70 valence electrons. The zero-order valence-corrected chi connectivity index (χ0v) is 9.59. The van der Waals surface area contributed by atoms with Crippen LogP contribution in [0.1, 0.15) is 26.7 Å². The fourth-order valence-electron chi connectivity index (χ4n) is 1.53. The summed E-state index contributed by atoms with van der Waals surface area (Å²) in [7, 11) is -0.349. The lowest BCUT2D eigenvalue weighted by atomic mass is 10.4. The molecule has 0 fully saturated rings. The van der Waals surface area contributed by atoms with E-state index in [9.17, 15) is 0 Å². The van der Waals surface area contributed by atoms with E-state index in [1.54, 1.807) is 5.19 Å². The molecule has 0 heterocycles. The molecule has 0 nitrogen and oxygen atoms in total. The van der Waals surface area contributed by atoms with Gasteiger partial charge in [0.15, 0.2) is 0 Å². The molecule has 1 aromatic carbocycles. The van der Waals surface area contributed by atoms with E-state index in [0.717, 1.165) is 0 Å². The molecule has 0 atom stereocenters. The molecule has 0 aliphatic carbocycles. The van der Waals surface area contributed by atoms with Crippen molar-refractivity contribution >= 4 is 19.3 Å². The third kappa shape index (κ3) is 3.27. The Bertz CT molecular complexity index is 262. The highest BCUT2D eigenvalue weighted by Gasteiger charge is 1.99. The van der Waals surface area contributed by atoms with Gasteiger partial charge in [-0.15, -0.1) is 0 Å². The first-order chi connectivity index (χ1) is 6.38. The highest BCUT2D eigenvalue weighted by molar-refractivity contribution is 6.78. The van der Waals surface area contributed by atoms with E-state index >= 15 is 0 Å². The van der Waals surface area contributed by atoms with Gasteiger partial charge in [-0.2, -0.15) is 0 Å². The summed E-state index contributed by atoms with van der Waals surface area (Å²) in [4.78, 5) is 0. The SMILES string of the molecule is CCC=[Si](CCC)c1ccccc1. The van der Waals surface area contributed by atoms with Crippen LogP contribution >= 0.6 is 0 Å². The Kier molecular flexibility index (Phi) is 4.69. The summed E-state index contributed by atoms with van der Waals surface area (Å²) in [6, 6.07) is 12.3. The van der Waals surface area contributed by atoms with Crippen LogP contribution in [0.3, 0.4) is 0 Å². The standard InChI is InChI=1S/C12H18Si/c1-3-10-13(11-4-2)12-8-6-5-7-9-12/h5-10H,3-4,11H2,1-2H3. The van der Waals surface area contributed by atoms with Crippen LogP contribution < -0.4 is 5.19 Å². The molecule has 0 saturated heterocycles. The van der Waals surface area contributed by atoms with Gasteiger partial charge in [0.2, 0.25) is 0 Å². The maximum atomic E-state index is 2.52. The first-order valence-electron chi connectivity index (χ1n) is 5.13. The van der Waals surface area contributed by atoms with Crippen molar-refractivity contribution in [3.63, 3.8) is 0 Å². The minimum absolute atomic E-state index is 0.349. The van der Waals surface area contributed by atoms with Crippen molar-refractivity contribution in [1.29, 1.82) is 0 Å². The average molecular weight is 190 g/mol. The molecule has 0 unspecified atom stereocenters. The highest BCUT2D eigenvalue weighted by Crippen LogP contribution is 1.93. The normalized spacial score (nSPS) is 11.7. The van der Waals surface area contributed by atoms with Gasteiger partial charge in [0.25, 0.3) is 0 Å². The van der Waals surface area contributed by atoms with Crippen LogP contribution in [0.4, 0.5) is 0 Å². The molecule has 0 amide bonds. The van der Waals surface area contributed by atoms with Crippen LogP contribution in [-0.2, 0) is 0 Å². The van der Waals surface area contributed by atoms with E-state index in [4.69, 9.17) is 0 Å². The number of hydrogen-bond acceptors (Lipinski definition) is 0. The molecule has 1 heteroatoms. The molecule has 0 aliphatic heterocycles. The Morgan fingerprint density at radius 1 is 1.15 bits per heavy atom. The zero-order valence-electron chi connectivity index (χ0n) is 8.59. The van der Waals surface area contributed by atoms with Gasteiger partial charge in [0, 0.05) is 8.41 Å². The molecule has 0 N–H and O–H groups in total. The quantitative estimate of drug-likeness (QED) is 0.640. The maximum absolute atomic E-state index is 2.52. The van der Waals surface area contributed by atoms with Gasteiger partial charge in [-0.1, -0.05) is 56.3 Å².